The number of benzene rings is 1. The number of anilines is 1. The largest absolute Gasteiger partial charge is 0.384 e. The average molecular weight is 296 g/mol. The van der Waals surface area contributed by atoms with Gasteiger partial charge in [0.15, 0.2) is 0 Å². The molecule has 0 spiro atoms. The summed E-state index contributed by atoms with van der Waals surface area (Å²) in [5.41, 5.74) is 2.94. The Hall–Kier alpha value is -1.07. The van der Waals surface area contributed by atoms with E-state index in [1.807, 2.05) is 6.07 Å². The molecule has 0 saturated heterocycles. The Morgan fingerprint density at radius 1 is 1.20 bits per heavy atom. The van der Waals surface area contributed by atoms with Gasteiger partial charge in [0.2, 0.25) is 10.0 Å². The van der Waals surface area contributed by atoms with E-state index >= 15 is 0 Å². The molecule has 112 valence electrons. The molecule has 0 aromatic heterocycles. The van der Waals surface area contributed by atoms with Gasteiger partial charge in [0.1, 0.15) is 4.90 Å². The van der Waals surface area contributed by atoms with E-state index in [4.69, 9.17) is 0 Å². The lowest BCUT2D eigenvalue weighted by Crippen LogP contribution is -2.23. The summed E-state index contributed by atoms with van der Waals surface area (Å²) in [6.45, 7) is 2.93. The maximum absolute atomic E-state index is 12.4. The number of fused-ring (bicyclic) bond motifs is 1. The fourth-order valence-corrected chi connectivity index (χ4v) is 3.93. The van der Waals surface area contributed by atoms with Crippen LogP contribution in [0.4, 0.5) is 5.69 Å². The smallest absolute Gasteiger partial charge is 0.242 e. The van der Waals surface area contributed by atoms with E-state index in [2.05, 4.69) is 23.0 Å². The van der Waals surface area contributed by atoms with Crippen molar-refractivity contribution in [1.82, 2.24) is 4.72 Å². The number of hydrogen-bond acceptors (Lipinski definition) is 3. The predicted molar refractivity (Wildman–Crippen MR) is 82.7 cm³/mol. The van der Waals surface area contributed by atoms with Crippen molar-refractivity contribution in [2.75, 3.05) is 18.9 Å². The molecule has 0 aliphatic heterocycles. The zero-order valence-corrected chi connectivity index (χ0v) is 13.1. The molecule has 0 fully saturated rings. The Kier molecular flexibility index (Phi) is 5.05. The average Bonchev–Trinajstić information content (AvgIpc) is 2.47. The molecule has 20 heavy (non-hydrogen) atoms. The third-order valence-electron chi connectivity index (χ3n) is 3.86. The standard InChI is InChI=1S/C15H24N2O2S/c1-3-4-11-17-14-10-9-12-7-5-6-8-13(12)15(14)20(18,19)16-2/h9-10,16-17H,3-8,11H2,1-2H3. The van der Waals surface area contributed by atoms with Gasteiger partial charge in [-0.25, -0.2) is 13.1 Å². The summed E-state index contributed by atoms with van der Waals surface area (Å²) in [4.78, 5) is 0.466. The van der Waals surface area contributed by atoms with Crippen LogP contribution in [0.5, 0.6) is 0 Å². The summed E-state index contributed by atoms with van der Waals surface area (Å²) in [5, 5.41) is 3.29. The zero-order chi connectivity index (χ0) is 14.6. The van der Waals surface area contributed by atoms with Gasteiger partial charge in [-0.3, -0.25) is 0 Å². The Morgan fingerprint density at radius 2 is 1.95 bits per heavy atom. The van der Waals surface area contributed by atoms with E-state index in [0.29, 0.717) is 4.90 Å². The van der Waals surface area contributed by atoms with Crippen LogP contribution >= 0.6 is 0 Å². The number of nitrogens with one attached hydrogen (secondary N) is 2. The van der Waals surface area contributed by atoms with E-state index in [9.17, 15) is 8.42 Å². The molecule has 1 aromatic carbocycles. The van der Waals surface area contributed by atoms with Crippen molar-refractivity contribution < 1.29 is 8.42 Å². The summed E-state index contributed by atoms with van der Waals surface area (Å²) >= 11 is 0. The van der Waals surface area contributed by atoms with Crippen LogP contribution in [-0.2, 0) is 22.9 Å². The summed E-state index contributed by atoms with van der Waals surface area (Å²) in [6, 6.07) is 4.00. The SMILES string of the molecule is CCCCNc1ccc2c(c1S(=O)(=O)NC)CCCC2. The second-order valence-corrected chi connectivity index (χ2v) is 7.10. The van der Waals surface area contributed by atoms with Crippen LogP contribution in [0.2, 0.25) is 0 Å². The molecular formula is C15H24N2O2S. The van der Waals surface area contributed by atoms with Crippen LogP contribution in [0.15, 0.2) is 17.0 Å². The van der Waals surface area contributed by atoms with Gasteiger partial charge in [-0.2, -0.15) is 0 Å². The van der Waals surface area contributed by atoms with Crippen molar-refractivity contribution in [3.8, 4) is 0 Å². The van der Waals surface area contributed by atoms with Crippen LogP contribution in [0.3, 0.4) is 0 Å². The molecule has 0 heterocycles. The third-order valence-corrected chi connectivity index (χ3v) is 5.40. The Balaban J connectivity index is 2.46. The Morgan fingerprint density at radius 3 is 2.65 bits per heavy atom. The van der Waals surface area contributed by atoms with Crippen molar-refractivity contribution >= 4 is 15.7 Å². The maximum atomic E-state index is 12.4. The van der Waals surface area contributed by atoms with Gasteiger partial charge < -0.3 is 5.32 Å². The highest BCUT2D eigenvalue weighted by Crippen LogP contribution is 2.33. The highest BCUT2D eigenvalue weighted by Gasteiger charge is 2.25. The summed E-state index contributed by atoms with van der Waals surface area (Å²) in [6.07, 6.45) is 6.18. The van der Waals surface area contributed by atoms with Crippen molar-refractivity contribution in [3.05, 3.63) is 23.3 Å². The first-order valence-electron chi connectivity index (χ1n) is 7.42. The molecule has 1 aromatic rings. The topological polar surface area (TPSA) is 58.2 Å². The van der Waals surface area contributed by atoms with Crippen LogP contribution in [0.25, 0.3) is 0 Å². The normalized spacial score (nSPS) is 14.9. The van der Waals surface area contributed by atoms with Gasteiger partial charge in [0.05, 0.1) is 5.69 Å². The Bertz CT molecular complexity index is 567. The molecule has 2 rings (SSSR count). The van der Waals surface area contributed by atoms with Crippen LogP contribution in [0.1, 0.15) is 43.7 Å². The molecule has 4 nitrogen and oxygen atoms in total. The fraction of sp³-hybridized carbons (Fsp3) is 0.600. The van der Waals surface area contributed by atoms with Crippen LogP contribution in [0, 0.1) is 0 Å². The van der Waals surface area contributed by atoms with Gasteiger partial charge >= 0.3 is 0 Å². The zero-order valence-electron chi connectivity index (χ0n) is 12.3. The second-order valence-electron chi connectivity index (χ2n) is 5.27. The van der Waals surface area contributed by atoms with Gasteiger partial charge in [0, 0.05) is 6.54 Å². The number of sulfonamides is 1. The van der Waals surface area contributed by atoms with Gasteiger partial charge in [-0.15, -0.1) is 0 Å². The monoisotopic (exact) mass is 296 g/mol. The van der Waals surface area contributed by atoms with Crippen molar-refractivity contribution in [2.45, 2.75) is 50.3 Å². The molecule has 0 saturated carbocycles. The molecule has 5 heteroatoms. The quantitative estimate of drug-likeness (QED) is 0.794. The van der Waals surface area contributed by atoms with Crippen molar-refractivity contribution in [1.29, 1.82) is 0 Å². The first kappa shape index (κ1) is 15.3. The van der Waals surface area contributed by atoms with E-state index in [0.717, 1.165) is 56.3 Å². The molecule has 0 amide bonds. The number of rotatable bonds is 6. The highest BCUT2D eigenvalue weighted by molar-refractivity contribution is 7.89. The molecule has 1 aliphatic carbocycles. The van der Waals surface area contributed by atoms with Crippen molar-refractivity contribution in [3.63, 3.8) is 0 Å². The minimum atomic E-state index is -3.42. The maximum Gasteiger partial charge on any atom is 0.242 e. The number of unbranched alkanes of at least 4 members (excludes halogenated alkanes) is 1. The fourth-order valence-electron chi connectivity index (χ4n) is 2.74. The van der Waals surface area contributed by atoms with Crippen molar-refractivity contribution in [2.24, 2.45) is 0 Å². The minimum absolute atomic E-state index is 0.466. The molecular weight excluding hydrogens is 272 g/mol. The van der Waals surface area contributed by atoms with E-state index in [1.54, 1.807) is 0 Å². The molecule has 1 aliphatic rings. The van der Waals surface area contributed by atoms with E-state index in [1.165, 1.54) is 12.6 Å². The number of aryl methyl sites for hydroxylation is 1. The molecule has 0 unspecified atom stereocenters. The van der Waals surface area contributed by atoms with Crippen LogP contribution < -0.4 is 10.0 Å². The highest BCUT2D eigenvalue weighted by atomic mass is 32.2. The second kappa shape index (κ2) is 6.59. The lowest BCUT2D eigenvalue weighted by atomic mass is 9.91. The lowest BCUT2D eigenvalue weighted by molar-refractivity contribution is 0.584. The summed E-state index contributed by atoms with van der Waals surface area (Å²) in [5.74, 6) is 0. The summed E-state index contributed by atoms with van der Waals surface area (Å²) in [7, 11) is -1.94. The van der Waals surface area contributed by atoms with E-state index in [-0.39, 0.29) is 0 Å². The molecule has 2 N–H and O–H groups in total. The molecule has 0 radical (unpaired) electrons. The first-order valence-corrected chi connectivity index (χ1v) is 8.90. The Labute approximate surface area is 122 Å². The van der Waals surface area contributed by atoms with Gasteiger partial charge in [-0.05, 0) is 56.3 Å². The van der Waals surface area contributed by atoms with Gasteiger partial charge in [0.25, 0.3) is 0 Å². The lowest BCUT2D eigenvalue weighted by Gasteiger charge is -2.22. The third kappa shape index (κ3) is 3.15. The van der Waals surface area contributed by atoms with E-state index < -0.39 is 10.0 Å². The van der Waals surface area contributed by atoms with Crippen LogP contribution in [-0.4, -0.2) is 22.0 Å². The van der Waals surface area contributed by atoms with Gasteiger partial charge in [-0.1, -0.05) is 19.4 Å². The number of hydrogen-bond donors (Lipinski definition) is 2. The predicted octanol–water partition coefficient (Wildman–Crippen LogP) is 2.69. The molecule has 0 atom stereocenters. The first-order chi connectivity index (χ1) is 9.60. The minimum Gasteiger partial charge on any atom is -0.384 e. The summed E-state index contributed by atoms with van der Waals surface area (Å²) < 4.78 is 27.2. The molecule has 0 bridgehead atoms.